The number of rotatable bonds is 5. The smallest absolute Gasteiger partial charge is 0.243 e. The first-order chi connectivity index (χ1) is 9.26. The summed E-state index contributed by atoms with van der Waals surface area (Å²) >= 11 is 0. The van der Waals surface area contributed by atoms with Crippen LogP contribution < -0.4 is 21.5 Å². The largest absolute Gasteiger partial charge is 0.354 e. The maximum Gasteiger partial charge on any atom is 0.243 e. The second kappa shape index (κ2) is 5.16. The molecule has 0 aromatic carbocycles. The molecule has 2 fully saturated rings. The van der Waals surface area contributed by atoms with Crippen molar-refractivity contribution in [1.82, 2.24) is 15.0 Å². The van der Waals surface area contributed by atoms with Gasteiger partial charge in [-0.2, -0.15) is 15.0 Å². The molecule has 0 spiro atoms. The molecule has 0 radical (unpaired) electrons. The maximum atomic E-state index is 5.43. The van der Waals surface area contributed by atoms with Gasteiger partial charge in [0.2, 0.25) is 17.8 Å². The number of hydrazine groups is 1. The molecule has 4 N–H and O–H groups in total. The Labute approximate surface area is 113 Å². The second-order valence-electron chi connectivity index (χ2n) is 5.48. The summed E-state index contributed by atoms with van der Waals surface area (Å²) in [6.45, 7) is 5.21. The number of hydrogen-bond acceptors (Lipinski definition) is 7. The number of aromatic nitrogens is 3. The molecule has 1 aliphatic heterocycles. The molecule has 2 aliphatic rings. The molecule has 0 bridgehead atoms. The molecular weight excluding hydrogens is 242 g/mol. The predicted molar refractivity (Wildman–Crippen MR) is 74.8 cm³/mol. The van der Waals surface area contributed by atoms with Gasteiger partial charge in [0.05, 0.1) is 0 Å². The third-order valence-electron chi connectivity index (χ3n) is 3.94. The molecule has 1 aromatic rings. The van der Waals surface area contributed by atoms with Crippen molar-refractivity contribution in [3.8, 4) is 0 Å². The molecule has 1 aromatic heterocycles. The third-order valence-corrected chi connectivity index (χ3v) is 3.94. The highest BCUT2D eigenvalue weighted by Crippen LogP contribution is 2.37. The summed E-state index contributed by atoms with van der Waals surface area (Å²) in [5.41, 5.74) is 2.51. The Morgan fingerprint density at radius 2 is 1.89 bits per heavy atom. The van der Waals surface area contributed by atoms with Gasteiger partial charge < -0.3 is 10.2 Å². The van der Waals surface area contributed by atoms with Gasteiger partial charge in [0.25, 0.3) is 0 Å². The zero-order valence-corrected chi connectivity index (χ0v) is 11.3. The van der Waals surface area contributed by atoms with Crippen molar-refractivity contribution in [2.45, 2.75) is 26.2 Å². The van der Waals surface area contributed by atoms with Gasteiger partial charge in [-0.1, -0.05) is 6.92 Å². The number of nitrogens with two attached hydrogens (primary N) is 1. The lowest BCUT2D eigenvalue weighted by Crippen LogP contribution is -2.23. The monoisotopic (exact) mass is 263 g/mol. The highest BCUT2D eigenvalue weighted by atomic mass is 15.4. The molecule has 7 nitrogen and oxygen atoms in total. The molecular formula is C12H21N7. The van der Waals surface area contributed by atoms with Crippen molar-refractivity contribution >= 4 is 17.8 Å². The first kappa shape index (κ1) is 12.4. The van der Waals surface area contributed by atoms with E-state index in [9.17, 15) is 0 Å². The van der Waals surface area contributed by atoms with Gasteiger partial charge >= 0.3 is 0 Å². The molecule has 19 heavy (non-hydrogen) atoms. The number of nitrogens with one attached hydrogen (secondary N) is 2. The van der Waals surface area contributed by atoms with Crippen LogP contribution in [0.15, 0.2) is 0 Å². The standard InChI is InChI=1S/C12H21N7/c1-8-6-9(8)7-14-10-15-11(18-13)17-12(16-10)19-4-2-3-5-19/h8-9H,2-7,13H2,1H3,(H2,14,15,16,17,18). The van der Waals surface area contributed by atoms with Gasteiger partial charge in [-0.05, 0) is 31.1 Å². The fraction of sp³-hybridized carbons (Fsp3) is 0.750. The van der Waals surface area contributed by atoms with Crippen LogP contribution in [0.5, 0.6) is 0 Å². The van der Waals surface area contributed by atoms with Crippen LogP contribution in [0.1, 0.15) is 26.2 Å². The molecule has 2 unspecified atom stereocenters. The van der Waals surface area contributed by atoms with E-state index in [1.165, 1.54) is 19.3 Å². The molecule has 3 rings (SSSR count). The summed E-state index contributed by atoms with van der Waals surface area (Å²) < 4.78 is 0. The van der Waals surface area contributed by atoms with Gasteiger partial charge in [-0.25, -0.2) is 5.84 Å². The lowest BCUT2D eigenvalue weighted by molar-refractivity contribution is 0.777. The lowest BCUT2D eigenvalue weighted by Gasteiger charge is -2.16. The summed E-state index contributed by atoms with van der Waals surface area (Å²) in [5.74, 6) is 8.75. The summed E-state index contributed by atoms with van der Waals surface area (Å²) in [7, 11) is 0. The van der Waals surface area contributed by atoms with Crippen molar-refractivity contribution in [2.24, 2.45) is 17.7 Å². The average molecular weight is 263 g/mol. The normalized spacial score (nSPS) is 25.5. The molecule has 104 valence electrons. The number of nitrogen functional groups attached to an aromatic ring is 1. The van der Waals surface area contributed by atoms with Crippen molar-refractivity contribution in [3.05, 3.63) is 0 Å². The zero-order chi connectivity index (χ0) is 13.2. The number of hydrogen-bond donors (Lipinski definition) is 3. The van der Waals surface area contributed by atoms with E-state index in [1.54, 1.807) is 0 Å². The Balaban J connectivity index is 1.72. The topological polar surface area (TPSA) is 92.0 Å². The minimum absolute atomic E-state index is 0.420. The Bertz CT molecular complexity index is 444. The van der Waals surface area contributed by atoms with Crippen LogP contribution in [0.2, 0.25) is 0 Å². The second-order valence-corrected chi connectivity index (χ2v) is 5.48. The van der Waals surface area contributed by atoms with E-state index < -0.39 is 0 Å². The van der Waals surface area contributed by atoms with E-state index in [4.69, 9.17) is 5.84 Å². The summed E-state index contributed by atoms with van der Waals surface area (Å²) in [6, 6.07) is 0. The van der Waals surface area contributed by atoms with Gasteiger partial charge in [0.15, 0.2) is 0 Å². The first-order valence-electron chi connectivity index (χ1n) is 6.98. The highest BCUT2D eigenvalue weighted by molar-refractivity contribution is 5.43. The quantitative estimate of drug-likeness (QED) is 0.535. The van der Waals surface area contributed by atoms with E-state index in [0.717, 1.165) is 31.5 Å². The van der Waals surface area contributed by atoms with Crippen LogP contribution in [0.25, 0.3) is 0 Å². The third kappa shape index (κ3) is 2.86. The van der Waals surface area contributed by atoms with Gasteiger partial charge in [0.1, 0.15) is 0 Å². The summed E-state index contributed by atoms with van der Waals surface area (Å²) in [5, 5.41) is 3.29. The molecule has 2 heterocycles. The van der Waals surface area contributed by atoms with Crippen molar-refractivity contribution < 1.29 is 0 Å². The van der Waals surface area contributed by atoms with Gasteiger partial charge in [0, 0.05) is 19.6 Å². The minimum atomic E-state index is 0.420. The first-order valence-corrected chi connectivity index (χ1v) is 6.98. The Kier molecular flexibility index (Phi) is 3.37. The summed E-state index contributed by atoms with van der Waals surface area (Å²) in [6.07, 6.45) is 3.68. The highest BCUT2D eigenvalue weighted by Gasteiger charge is 2.32. The van der Waals surface area contributed by atoms with E-state index in [2.05, 4.69) is 37.5 Å². The zero-order valence-electron chi connectivity index (χ0n) is 11.3. The van der Waals surface area contributed by atoms with Crippen molar-refractivity contribution in [2.75, 3.05) is 35.3 Å². The van der Waals surface area contributed by atoms with Crippen LogP contribution in [-0.4, -0.2) is 34.6 Å². The Hall–Kier alpha value is -1.63. The van der Waals surface area contributed by atoms with Crippen LogP contribution in [0.4, 0.5) is 17.8 Å². The van der Waals surface area contributed by atoms with Crippen molar-refractivity contribution in [3.63, 3.8) is 0 Å². The SMILES string of the molecule is CC1CC1CNc1nc(NN)nc(N2CCCC2)n1. The van der Waals surface area contributed by atoms with Crippen LogP contribution in [-0.2, 0) is 0 Å². The van der Waals surface area contributed by atoms with E-state index in [-0.39, 0.29) is 0 Å². The lowest BCUT2D eigenvalue weighted by atomic mass is 10.3. The van der Waals surface area contributed by atoms with Crippen molar-refractivity contribution in [1.29, 1.82) is 0 Å². The minimum Gasteiger partial charge on any atom is -0.354 e. The number of anilines is 3. The summed E-state index contributed by atoms with van der Waals surface area (Å²) in [4.78, 5) is 15.2. The molecule has 0 amide bonds. The van der Waals surface area contributed by atoms with Crippen LogP contribution in [0, 0.1) is 11.8 Å². The molecule has 1 aliphatic carbocycles. The Morgan fingerprint density at radius 1 is 1.21 bits per heavy atom. The van der Waals surface area contributed by atoms with Gasteiger partial charge in [-0.3, -0.25) is 5.43 Å². The average Bonchev–Trinajstić information content (AvgIpc) is 2.93. The predicted octanol–water partition coefficient (Wildman–Crippen LogP) is 0.825. The fourth-order valence-electron chi connectivity index (χ4n) is 2.47. The molecule has 1 saturated heterocycles. The van der Waals surface area contributed by atoms with Gasteiger partial charge in [-0.15, -0.1) is 0 Å². The molecule has 1 saturated carbocycles. The van der Waals surface area contributed by atoms with E-state index in [0.29, 0.717) is 17.8 Å². The van der Waals surface area contributed by atoms with E-state index in [1.807, 2.05) is 0 Å². The Morgan fingerprint density at radius 3 is 2.53 bits per heavy atom. The van der Waals surface area contributed by atoms with Crippen LogP contribution >= 0.6 is 0 Å². The van der Waals surface area contributed by atoms with E-state index >= 15 is 0 Å². The fourth-order valence-corrected chi connectivity index (χ4v) is 2.47. The maximum absolute atomic E-state index is 5.43. The number of nitrogens with zero attached hydrogens (tertiary/aromatic N) is 4. The molecule has 7 heteroatoms. The van der Waals surface area contributed by atoms with Crippen LogP contribution in [0.3, 0.4) is 0 Å². The molecule has 2 atom stereocenters.